The molecule has 0 atom stereocenters. The van der Waals surface area contributed by atoms with Crippen LogP contribution in [0.1, 0.15) is 42.9 Å². The molecule has 0 saturated carbocycles. The Balaban J connectivity index is 1.25. The Morgan fingerprint density at radius 3 is 2.59 bits per heavy atom. The first kappa shape index (κ1) is 23.9. The number of amides is 1. The van der Waals surface area contributed by atoms with Gasteiger partial charge in [0.1, 0.15) is 12.1 Å². The fourth-order valence-corrected chi connectivity index (χ4v) is 6.02. The Kier molecular flexibility index (Phi) is 5.52. The van der Waals surface area contributed by atoms with Gasteiger partial charge < -0.3 is 19.7 Å². The number of aromatic amines is 1. The predicted octanol–water partition coefficient (Wildman–Crippen LogP) is 3.61. The van der Waals surface area contributed by atoms with E-state index in [2.05, 4.69) is 70.9 Å². The fraction of sp³-hybridized carbons (Fsp3) is 0.500. The van der Waals surface area contributed by atoms with Crippen LogP contribution in [0.25, 0.3) is 27.9 Å². The van der Waals surface area contributed by atoms with Gasteiger partial charge in [0.05, 0.1) is 16.7 Å². The SMILES string of the molecule is Cc1c(-c2[nH]c3ccc(N4CC5(CN(C(=O)CCN(C)C)C5)C4)nc3c2C(C)C)cn2ncnc2c1C. The van der Waals surface area contributed by atoms with Crippen molar-refractivity contribution in [2.45, 2.75) is 40.0 Å². The van der Waals surface area contributed by atoms with Crippen LogP contribution in [0.4, 0.5) is 5.82 Å². The number of carbonyl (C=O) groups is 1. The molecule has 1 spiro atoms. The molecule has 2 fully saturated rings. The van der Waals surface area contributed by atoms with Crippen LogP contribution in [-0.4, -0.2) is 87.1 Å². The van der Waals surface area contributed by atoms with Crippen LogP contribution < -0.4 is 4.90 Å². The Morgan fingerprint density at radius 1 is 1.14 bits per heavy atom. The summed E-state index contributed by atoms with van der Waals surface area (Å²) in [5.41, 5.74) is 9.03. The van der Waals surface area contributed by atoms with Crippen molar-refractivity contribution in [3.63, 3.8) is 0 Å². The van der Waals surface area contributed by atoms with E-state index in [1.807, 2.05) is 23.5 Å². The van der Waals surface area contributed by atoms with Gasteiger partial charge in [-0.05, 0) is 57.1 Å². The Hall–Kier alpha value is -3.46. The summed E-state index contributed by atoms with van der Waals surface area (Å²) in [6.07, 6.45) is 4.28. The summed E-state index contributed by atoms with van der Waals surface area (Å²) < 4.78 is 1.86. The molecule has 0 radical (unpaired) electrons. The molecular formula is C28H36N8O. The summed E-state index contributed by atoms with van der Waals surface area (Å²) in [4.78, 5) is 32.1. The lowest BCUT2D eigenvalue weighted by molar-refractivity contribution is -0.145. The van der Waals surface area contributed by atoms with Crippen LogP contribution in [0, 0.1) is 19.3 Å². The van der Waals surface area contributed by atoms with Gasteiger partial charge in [0, 0.05) is 61.9 Å². The number of anilines is 1. The molecule has 0 bridgehead atoms. The maximum atomic E-state index is 12.4. The minimum Gasteiger partial charge on any atom is -0.355 e. The van der Waals surface area contributed by atoms with E-state index in [-0.39, 0.29) is 11.3 Å². The Labute approximate surface area is 217 Å². The maximum absolute atomic E-state index is 12.4. The fourth-order valence-electron chi connectivity index (χ4n) is 6.02. The molecule has 37 heavy (non-hydrogen) atoms. The van der Waals surface area contributed by atoms with Crippen molar-refractivity contribution in [1.82, 2.24) is 34.4 Å². The first-order valence-corrected chi connectivity index (χ1v) is 13.2. The van der Waals surface area contributed by atoms with Crippen molar-refractivity contribution < 1.29 is 4.79 Å². The van der Waals surface area contributed by atoms with Crippen LogP contribution in [0.2, 0.25) is 0 Å². The van der Waals surface area contributed by atoms with E-state index in [1.54, 1.807) is 6.33 Å². The molecule has 1 amide bonds. The van der Waals surface area contributed by atoms with Crippen LogP contribution in [0.5, 0.6) is 0 Å². The van der Waals surface area contributed by atoms with Crippen LogP contribution in [0.15, 0.2) is 24.7 Å². The second-order valence-electron chi connectivity index (χ2n) is 11.6. The van der Waals surface area contributed by atoms with E-state index in [4.69, 9.17) is 4.98 Å². The van der Waals surface area contributed by atoms with Gasteiger partial charge in [-0.1, -0.05) is 13.8 Å². The average molecular weight is 501 g/mol. The topological polar surface area (TPSA) is 85.7 Å². The molecule has 2 saturated heterocycles. The van der Waals surface area contributed by atoms with Gasteiger partial charge >= 0.3 is 0 Å². The number of pyridine rings is 2. The quantitative estimate of drug-likeness (QED) is 0.435. The van der Waals surface area contributed by atoms with Crippen molar-refractivity contribution in [3.05, 3.63) is 41.3 Å². The summed E-state index contributed by atoms with van der Waals surface area (Å²) in [6, 6.07) is 4.28. The van der Waals surface area contributed by atoms with Gasteiger partial charge in [-0.2, -0.15) is 5.10 Å². The van der Waals surface area contributed by atoms with Crippen molar-refractivity contribution in [3.8, 4) is 11.3 Å². The van der Waals surface area contributed by atoms with Gasteiger partial charge in [0.25, 0.3) is 0 Å². The third-order valence-corrected chi connectivity index (χ3v) is 8.19. The first-order chi connectivity index (χ1) is 17.7. The zero-order valence-corrected chi connectivity index (χ0v) is 22.7. The summed E-state index contributed by atoms with van der Waals surface area (Å²) in [6.45, 7) is 13.2. The monoisotopic (exact) mass is 500 g/mol. The number of likely N-dealkylation sites (tertiary alicyclic amines) is 1. The standard InChI is InChI=1S/C28H36N8O/c1-17(2)24-25(20-11-36-27(29-16-30-36)19(4)18(20)3)31-21-7-8-22(32-26(21)24)34-12-28(13-34)14-35(15-28)23(37)9-10-33(5)6/h7-8,11,16-17,31H,9-10,12-15H2,1-6H3. The summed E-state index contributed by atoms with van der Waals surface area (Å²) in [5.74, 6) is 1.59. The largest absolute Gasteiger partial charge is 0.355 e. The minimum atomic E-state index is 0.233. The summed E-state index contributed by atoms with van der Waals surface area (Å²) in [7, 11) is 4.02. The number of rotatable bonds is 6. The van der Waals surface area contributed by atoms with Gasteiger partial charge in [-0.15, -0.1) is 0 Å². The molecule has 9 nitrogen and oxygen atoms in total. The predicted molar refractivity (Wildman–Crippen MR) is 146 cm³/mol. The zero-order valence-electron chi connectivity index (χ0n) is 22.7. The van der Waals surface area contributed by atoms with Crippen LogP contribution in [-0.2, 0) is 4.79 Å². The number of carbonyl (C=O) groups excluding carboxylic acids is 1. The second kappa shape index (κ2) is 8.55. The molecule has 1 N–H and O–H groups in total. The lowest BCUT2D eigenvalue weighted by Gasteiger charge is -2.60. The van der Waals surface area contributed by atoms with E-state index in [0.29, 0.717) is 12.3 Å². The Morgan fingerprint density at radius 2 is 1.89 bits per heavy atom. The molecule has 9 heteroatoms. The molecule has 2 aliphatic rings. The molecule has 6 heterocycles. The normalized spacial score (nSPS) is 16.9. The van der Waals surface area contributed by atoms with Gasteiger partial charge in [0.2, 0.25) is 5.91 Å². The molecule has 6 rings (SSSR count). The summed E-state index contributed by atoms with van der Waals surface area (Å²) >= 11 is 0. The van der Waals surface area contributed by atoms with Crippen molar-refractivity contribution in [1.29, 1.82) is 0 Å². The highest BCUT2D eigenvalue weighted by atomic mass is 16.2. The smallest absolute Gasteiger partial charge is 0.223 e. The summed E-state index contributed by atoms with van der Waals surface area (Å²) in [5, 5.41) is 4.40. The molecule has 194 valence electrons. The third kappa shape index (κ3) is 3.87. The lowest BCUT2D eigenvalue weighted by atomic mass is 9.72. The average Bonchev–Trinajstić information content (AvgIpc) is 3.42. The number of aromatic nitrogens is 5. The van der Waals surface area contributed by atoms with E-state index in [9.17, 15) is 4.79 Å². The van der Waals surface area contributed by atoms with E-state index < -0.39 is 0 Å². The van der Waals surface area contributed by atoms with Crippen molar-refractivity contribution in [2.75, 3.05) is 51.7 Å². The molecule has 4 aromatic rings. The second-order valence-corrected chi connectivity index (χ2v) is 11.6. The van der Waals surface area contributed by atoms with Gasteiger partial charge in [0.15, 0.2) is 5.65 Å². The number of hydrogen-bond donors (Lipinski definition) is 1. The number of nitrogens with one attached hydrogen (secondary N) is 1. The number of hydrogen-bond acceptors (Lipinski definition) is 6. The van der Waals surface area contributed by atoms with Crippen molar-refractivity contribution >= 4 is 28.4 Å². The van der Waals surface area contributed by atoms with Gasteiger partial charge in [-0.25, -0.2) is 14.5 Å². The number of aryl methyl sites for hydroxylation is 1. The van der Waals surface area contributed by atoms with E-state index in [0.717, 1.165) is 72.0 Å². The number of fused-ring (bicyclic) bond motifs is 2. The van der Waals surface area contributed by atoms with Crippen LogP contribution >= 0.6 is 0 Å². The van der Waals surface area contributed by atoms with E-state index in [1.165, 1.54) is 11.1 Å². The van der Waals surface area contributed by atoms with Crippen LogP contribution in [0.3, 0.4) is 0 Å². The number of H-pyrrole nitrogens is 1. The third-order valence-electron chi connectivity index (χ3n) is 8.19. The highest BCUT2D eigenvalue weighted by Gasteiger charge is 2.53. The Bertz CT molecular complexity index is 1500. The first-order valence-electron chi connectivity index (χ1n) is 13.2. The highest BCUT2D eigenvalue weighted by Crippen LogP contribution is 2.43. The maximum Gasteiger partial charge on any atom is 0.223 e. The van der Waals surface area contributed by atoms with Gasteiger partial charge in [-0.3, -0.25) is 4.79 Å². The molecule has 0 aromatic carbocycles. The minimum absolute atomic E-state index is 0.233. The van der Waals surface area contributed by atoms with Crippen molar-refractivity contribution in [2.24, 2.45) is 5.41 Å². The van der Waals surface area contributed by atoms with E-state index >= 15 is 0 Å². The zero-order chi connectivity index (χ0) is 26.1. The molecular weight excluding hydrogens is 464 g/mol. The molecule has 4 aromatic heterocycles. The molecule has 0 unspecified atom stereocenters. The number of nitrogens with zero attached hydrogens (tertiary/aromatic N) is 7. The molecule has 2 aliphatic heterocycles. The highest BCUT2D eigenvalue weighted by molar-refractivity contribution is 5.90. The lowest BCUT2D eigenvalue weighted by Crippen LogP contribution is -2.73. The molecule has 0 aliphatic carbocycles.